The van der Waals surface area contributed by atoms with Gasteiger partial charge in [-0.05, 0) is 31.2 Å². The molecular weight excluding hydrogens is 350 g/mol. The third-order valence-electron chi connectivity index (χ3n) is 4.51. The maximum atomic E-state index is 12.9. The highest BCUT2D eigenvalue weighted by Crippen LogP contribution is 2.25. The van der Waals surface area contributed by atoms with E-state index in [2.05, 4.69) is 9.97 Å². The molecule has 1 aliphatic rings. The minimum absolute atomic E-state index is 0.0903. The molecule has 1 aromatic heterocycles. The van der Waals surface area contributed by atoms with Crippen LogP contribution >= 0.6 is 11.8 Å². The van der Waals surface area contributed by atoms with Crippen molar-refractivity contribution >= 4 is 29.3 Å². The van der Waals surface area contributed by atoms with E-state index in [9.17, 15) is 9.59 Å². The lowest BCUT2D eigenvalue weighted by Gasteiger charge is -2.32. The number of carbonyl (C=O) groups excluding carboxylic acids is 2. The topological polar surface area (TPSA) is 72.4 Å². The number of benzene rings is 1. The Kier molecular flexibility index (Phi) is 5.88. The van der Waals surface area contributed by atoms with Crippen LogP contribution in [0.2, 0.25) is 0 Å². The number of esters is 1. The second-order valence-corrected chi connectivity index (χ2v) is 7.01. The van der Waals surface area contributed by atoms with Gasteiger partial charge in [0, 0.05) is 29.5 Å². The molecule has 1 atom stereocenters. The number of hydrogen-bond acceptors (Lipinski definition) is 7. The Morgan fingerprint density at radius 2 is 2.00 bits per heavy atom. The fourth-order valence-corrected chi connectivity index (χ4v) is 3.51. The van der Waals surface area contributed by atoms with E-state index in [1.165, 1.54) is 13.3 Å². The molecule has 0 unspecified atom stereocenters. The zero-order valence-electron chi connectivity index (χ0n) is 14.8. The second kappa shape index (κ2) is 8.31. The third-order valence-corrected chi connectivity index (χ3v) is 5.25. The van der Waals surface area contributed by atoms with E-state index in [0.717, 1.165) is 29.8 Å². The lowest BCUT2D eigenvalue weighted by atomic mass is 9.90. The van der Waals surface area contributed by atoms with Crippen LogP contribution in [0.1, 0.15) is 33.7 Å². The zero-order chi connectivity index (χ0) is 18.5. The lowest BCUT2D eigenvalue weighted by Crippen LogP contribution is -2.39. The highest BCUT2D eigenvalue weighted by atomic mass is 32.2. The molecule has 0 N–H and O–H groups in total. The number of ketones is 1. The smallest absolute Gasteiger partial charge is 0.358 e. The zero-order valence-corrected chi connectivity index (χ0v) is 15.7. The van der Waals surface area contributed by atoms with Crippen LogP contribution in [0.3, 0.4) is 0 Å². The van der Waals surface area contributed by atoms with Crippen LogP contribution < -0.4 is 4.90 Å². The van der Waals surface area contributed by atoms with Crippen molar-refractivity contribution < 1.29 is 14.3 Å². The van der Waals surface area contributed by atoms with Crippen molar-refractivity contribution in [2.75, 3.05) is 31.4 Å². The van der Waals surface area contributed by atoms with Crippen molar-refractivity contribution in [2.45, 2.75) is 17.7 Å². The van der Waals surface area contributed by atoms with E-state index in [1.807, 2.05) is 35.4 Å². The average molecular weight is 371 g/mol. The molecule has 2 aromatic rings. The molecule has 0 radical (unpaired) electrons. The number of carbonyl (C=O) groups is 2. The van der Waals surface area contributed by atoms with Gasteiger partial charge in [-0.3, -0.25) is 9.78 Å². The molecule has 3 rings (SSSR count). The van der Waals surface area contributed by atoms with Crippen LogP contribution in [-0.2, 0) is 4.74 Å². The summed E-state index contributed by atoms with van der Waals surface area (Å²) in [6.45, 7) is 1.36. The molecule has 0 amide bonds. The molecule has 1 aliphatic heterocycles. The fraction of sp³-hybridized carbons (Fsp3) is 0.368. The van der Waals surface area contributed by atoms with Gasteiger partial charge in [0.2, 0.25) is 0 Å². The molecule has 136 valence electrons. The van der Waals surface area contributed by atoms with Crippen LogP contribution in [0, 0.1) is 5.92 Å². The van der Waals surface area contributed by atoms with Crippen LogP contribution in [0.4, 0.5) is 5.82 Å². The minimum Gasteiger partial charge on any atom is -0.464 e. The molecule has 0 bridgehead atoms. The number of piperidine rings is 1. The number of aromatic nitrogens is 2. The maximum Gasteiger partial charge on any atom is 0.358 e. The molecule has 1 aromatic carbocycles. The van der Waals surface area contributed by atoms with Crippen molar-refractivity contribution in [3.63, 3.8) is 0 Å². The average Bonchev–Trinajstić information content (AvgIpc) is 2.73. The standard InChI is InChI=1S/C19H21N3O3S/c1-25-19(24)16-10-20-11-17(21-16)22-9-3-4-14(12-22)18(23)13-5-7-15(26-2)8-6-13/h5-8,10-11,14H,3-4,9,12H2,1-2H3/t14-/m1/s1. The van der Waals surface area contributed by atoms with E-state index in [1.54, 1.807) is 18.0 Å². The van der Waals surface area contributed by atoms with E-state index < -0.39 is 5.97 Å². The summed E-state index contributed by atoms with van der Waals surface area (Å²) in [6.07, 6.45) is 6.76. The Morgan fingerprint density at radius 3 is 2.69 bits per heavy atom. The van der Waals surface area contributed by atoms with Gasteiger partial charge < -0.3 is 9.64 Å². The summed E-state index contributed by atoms with van der Waals surface area (Å²) in [7, 11) is 1.31. The number of anilines is 1. The van der Waals surface area contributed by atoms with Gasteiger partial charge in [0.1, 0.15) is 5.82 Å². The molecule has 0 aliphatic carbocycles. The van der Waals surface area contributed by atoms with E-state index in [-0.39, 0.29) is 17.4 Å². The minimum atomic E-state index is -0.516. The number of methoxy groups -OCH3 is 1. The van der Waals surface area contributed by atoms with Gasteiger partial charge in [-0.25, -0.2) is 9.78 Å². The van der Waals surface area contributed by atoms with Gasteiger partial charge in [-0.1, -0.05) is 12.1 Å². The quantitative estimate of drug-likeness (QED) is 0.454. The number of nitrogens with zero attached hydrogens (tertiary/aromatic N) is 3. The monoisotopic (exact) mass is 371 g/mol. The van der Waals surface area contributed by atoms with Gasteiger partial charge in [-0.2, -0.15) is 0 Å². The number of Topliss-reactive ketones (excluding diaryl/α,β-unsaturated/α-hetero) is 1. The van der Waals surface area contributed by atoms with Gasteiger partial charge in [-0.15, -0.1) is 11.8 Å². The summed E-state index contributed by atoms with van der Waals surface area (Å²) in [4.78, 5) is 36.1. The lowest BCUT2D eigenvalue weighted by molar-refractivity contribution is 0.0593. The van der Waals surface area contributed by atoms with E-state index in [0.29, 0.717) is 12.4 Å². The highest BCUT2D eigenvalue weighted by molar-refractivity contribution is 7.98. The molecule has 0 saturated carbocycles. The van der Waals surface area contributed by atoms with Crippen molar-refractivity contribution in [3.05, 3.63) is 47.9 Å². The number of ether oxygens (including phenoxy) is 1. The molecule has 6 nitrogen and oxygen atoms in total. The van der Waals surface area contributed by atoms with Gasteiger partial charge in [0.25, 0.3) is 0 Å². The molecule has 0 spiro atoms. The second-order valence-electron chi connectivity index (χ2n) is 6.13. The Labute approximate surface area is 157 Å². The summed E-state index contributed by atoms with van der Waals surface area (Å²) in [6, 6.07) is 7.74. The number of hydrogen-bond donors (Lipinski definition) is 0. The highest BCUT2D eigenvalue weighted by Gasteiger charge is 2.27. The molecular formula is C19H21N3O3S. The van der Waals surface area contributed by atoms with Crippen molar-refractivity contribution in [2.24, 2.45) is 5.92 Å². The number of thioether (sulfide) groups is 1. The van der Waals surface area contributed by atoms with Gasteiger partial charge >= 0.3 is 5.97 Å². The summed E-state index contributed by atoms with van der Waals surface area (Å²) in [5.74, 6) is 0.146. The molecule has 1 fully saturated rings. The normalized spacial score (nSPS) is 17.0. The first kappa shape index (κ1) is 18.4. The first-order chi connectivity index (χ1) is 12.6. The van der Waals surface area contributed by atoms with Crippen molar-refractivity contribution in [1.82, 2.24) is 9.97 Å². The Bertz CT molecular complexity index is 795. The molecule has 1 saturated heterocycles. The number of rotatable bonds is 5. The third kappa shape index (κ3) is 4.04. The van der Waals surface area contributed by atoms with Crippen molar-refractivity contribution in [1.29, 1.82) is 0 Å². The van der Waals surface area contributed by atoms with Crippen molar-refractivity contribution in [3.8, 4) is 0 Å². The van der Waals surface area contributed by atoms with Gasteiger partial charge in [0.05, 0.1) is 19.5 Å². The fourth-order valence-electron chi connectivity index (χ4n) is 3.10. The predicted molar refractivity (Wildman–Crippen MR) is 101 cm³/mol. The SMILES string of the molecule is COC(=O)c1cncc(N2CCC[C@@H](C(=O)c3ccc(SC)cc3)C2)n1. The summed E-state index contributed by atoms with van der Waals surface area (Å²) < 4.78 is 4.70. The Morgan fingerprint density at radius 1 is 1.23 bits per heavy atom. The van der Waals surface area contributed by atoms with Crippen LogP contribution in [0.25, 0.3) is 0 Å². The van der Waals surface area contributed by atoms with Gasteiger partial charge in [0.15, 0.2) is 11.5 Å². The van der Waals surface area contributed by atoms with E-state index in [4.69, 9.17) is 4.74 Å². The molecule has 2 heterocycles. The van der Waals surface area contributed by atoms with Crippen LogP contribution in [0.15, 0.2) is 41.6 Å². The van der Waals surface area contributed by atoms with Crippen LogP contribution in [0.5, 0.6) is 0 Å². The first-order valence-electron chi connectivity index (χ1n) is 8.46. The summed E-state index contributed by atoms with van der Waals surface area (Å²) >= 11 is 1.66. The first-order valence-corrected chi connectivity index (χ1v) is 9.68. The molecule has 26 heavy (non-hydrogen) atoms. The Hall–Kier alpha value is -2.41. The van der Waals surface area contributed by atoms with Crippen LogP contribution in [-0.4, -0.2) is 48.2 Å². The van der Waals surface area contributed by atoms with E-state index >= 15 is 0 Å². The summed E-state index contributed by atoms with van der Waals surface area (Å²) in [5.41, 5.74) is 0.912. The molecule has 7 heteroatoms. The maximum absolute atomic E-state index is 12.9. The summed E-state index contributed by atoms with van der Waals surface area (Å²) in [5, 5.41) is 0. The predicted octanol–water partition coefficient (Wildman–Crippen LogP) is 3.08. The largest absolute Gasteiger partial charge is 0.464 e. The Balaban J connectivity index is 1.74.